The minimum absolute atomic E-state index is 0.514. The lowest BCUT2D eigenvalue weighted by Crippen LogP contribution is -2.36. The van der Waals surface area contributed by atoms with Gasteiger partial charge in [-0.3, -0.25) is 0 Å². The normalized spacial score (nSPS) is 18.5. The van der Waals surface area contributed by atoms with E-state index in [9.17, 15) is 0 Å². The first-order valence-electron chi connectivity index (χ1n) is 7.22. The van der Waals surface area contributed by atoms with E-state index in [4.69, 9.17) is 16.3 Å². The van der Waals surface area contributed by atoms with E-state index in [0.717, 1.165) is 43.5 Å². The van der Waals surface area contributed by atoms with Crippen LogP contribution in [-0.2, 0) is 11.3 Å². The minimum atomic E-state index is 0.514. The van der Waals surface area contributed by atoms with Crippen LogP contribution in [0.15, 0.2) is 24.3 Å². The van der Waals surface area contributed by atoms with E-state index in [0.29, 0.717) is 6.04 Å². The topological polar surface area (TPSA) is 21.3 Å². The first kappa shape index (κ1) is 14.3. The second kappa shape index (κ2) is 6.44. The maximum Gasteiger partial charge on any atom is 0.0636 e. The second-order valence-corrected chi connectivity index (χ2v) is 6.97. The van der Waals surface area contributed by atoms with Gasteiger partial charge in [-0.1, -0.05) is 29.8 Å². The van der Waals surface area contributed by atoms with E-state index < -0.39 is 0 Å². The Morgan fingerprint density at radius 2 is 2.10 bits per heavy atom. The third-order valence-corrected chi connectivity index (χ3v) is 5.87. The number of hydrogen-bond donors (Lipinski definition) is 1. The molecule has 1 aromatic carbocycles. The molecule has 20 heavy (non-hydrogen) atoms. The van der Waals surface area contributed by atoms with Crippen molar-refractivity contribution in [3.63, 3.8) is 0 Å². The van der Waals surface area contributed by atoms with Gasteiger partial charge in [-0.2, -0.15) is 0 Å². The Balaban J connectivity index is 1.65. The van der Waals surface area contributed by atoms with Gasteiger partial charge in [-0.15, -0.1) is 11.3 Å². The van der Waals surface area contributed by atoms with E-state index in [2.05, 4.69) is 30.4 Å². The summed E-state index contributed by atoms with van der Waals surface area (Å²) in [7, 11) is 0. The minimum Gasteiger partial charge on any atom is -0.381 e. The zero-order valence-electron chi connectivity index (χ0n) is 11.7. The number of hydrogen-bond acceptors (Lipinski definition) is 3. The summed E-state index contributed by atoms with van der Waals surface area (Å²) in [5.74, 6) is 0.719. The number of benzene rings is 1. The highest BCUT2D eigenvalue weighted by Gasteiger charge is 2.20. The molecule has 0 radical (unpaired) electrons. The molecule has 4 heteroatoms. The van der Waals surface area contributed by atoms with Crippen LogP contribution in [0.4, 0.5) is 0 Å². The van der Waals surface area contributed by atoms with Crippen LogP contribution in [0.5, 0.6) is 0 Å². The molecule has 2 heterocycles. The molecule has 1 aliphatic heterocycles. The van der Waals surface area contributed by atoms with Crippen molar-refractivity contribution >= 4 is 33.0 Å². The first-order chi connectivity index (χ1) is 9.75. The van der Waals surface area contributed by atoms with Gasteiger partial charge in [0, 0.05) is 40.8 Å². The highest BCUT2D eigenvalue weighted by atomic mass is 35.5. The molecule has 108 valence electrons. The van der Waals surface area contributed by atoms with Crippen LogP contribution in [0.1, 0.15) is 24.6 Å². The Labute approximate surface area is 129 Å². The van der Waals surface area contributed by atoms with E-state index in [1.54, 1.807) is 11.3 Å². The summed E-state index contributed by atoms with van der Waals surface area (Å²) in [5, 5.41) is 5.73. The van der Waals surface area contributed by atoms with Crippen LogP contribution in [0.3, 0.4) is 0 Å². The van der Waals surface area contributed by atoms with Gasteiger partial charge in [0.25, 0.3) is 0 Å². The van der Waals surface area contributed by atoms with Gasteiger partial charge in [-0.05, 0) is 31.7 Å². The molecule has 0 aliphatic carbocycles. The molecule has 0 spiro atoms. The van der Waals surface area contributed by atoms with Crippen molar-refractivity contribution in [1.29, 1.82) is 0 Å². The van der Waals surface area contributed by atoms with Gasteiger partial charge in [-0.25, -0.2) is 0 Å². The predicted molar refractivity (Wildman–Crippen MR) is 86.7 cm³/mol. The van der Waals surface area contributed by atoms with Gasteiger partial charge >= 0.3 is 0 Å². The summed E-state index contributed by atoms with van der Waals surface area (Å²) in [4.78, 5) is 1.24. The molecule has 0 bridgehead atoms. The Morgan fingerprint density at radius 1 is 1.35 bits per heavy atom. The Morgan fingerprint density at radius 3 is 2.85 bits per heavy atom. The number of thiophene rings is 1. The molecule has 0 saturated carbocycles. The molecule has 1 fully saturated rings. The van der Waals surface area contributed by atoms with E-state index in [1.807, 2.05) is 6.07 Å². The molecule has 1 atom stereocenters. The van der Waals surface area contributed by atoms with Crippen LogP contribution >= 0.6 is 22.9 Å². The summed E-state index contributed by atoms with van der Waals surface area (Å²) < 4.78 is 6.70. The zero-order valence-corrected chi connectivity index (χ0v) is 13.3. The monoisotopic (exact) mass is 309 g/mol. The van der Waals surface area contributed by atoms with E-state index >= 15 is 0 Å². The number of rotatable bonds is 4. The lowest BCUT2D eigenvalue weighted by Gasteiger charge is -2.28. The summed E-state index contributed by atoms with van der Waals surface area (Å²) in [5.41, 5.74) is 0. The predicted octanol–water partition coefficient (Wildman–Crippen LogP) is 4.46. The van der Waals surface area contributed by atoms with Gasteiger partial charge in [0.05, 0.1) is 5.02 Å². The van der Waals surface area contributed by atoms with Gasteiger partial charge in [0.2, 0.25) is 0 Å². The third kappa shape index (κ3) is 3.01. The molecule has 1 aromatic heterocycles. The van der Waals surface area contributed by atoms with Gasteiger partial charge in [0.15, 0.2) is 0 Å². The summed E-state index contributed by atoms with van der Waals surface area (Å²) in [6.07, 6.45) is 2.32. The van der Waals surface area contributed by atoms with Gasteiger partial charge in [0.1, 0.15) is 0 Å². The number of nitrogens with one attached hydrogen (secondary N) is 1. The Bertz CT molecular complexity index is 577. The number of fused-ring (bicyclic) bond motifs is 1. The third-order valence-electron chi connectivity index (χ3n) is 4.16. The van der Waals surface area contributed by atoms with Crippen LogP contribution in [0.2, 0.25) is 5.02 Å². The summed E-state index contributed by atoms with van der Waals surface area (Å²) >= 11 is 8.27. The maximum absolute atomic E-state index is 6.48. The smallest absolute Gasteiger partial charge is 0.0636 e. The molecule has 3 rings (SSSR count). The molecule has 2 nitrogen and oxygen atoms in total. The highest BCUT2D eigenvalue weighted by molar-refractivity contribution is 7.19. The lowest BCUT2D eigenvalue weighted by atomic mass is 9.93. The molecular formula is C16H20ClNOS. The Kier molecular flexibility index (Phi) is 4.61. The SMILES string of the molecule is CC(NCc1sc2ccccc2c1Cl)C1CCOCC1. The van der Waals surface area contributed by atoms with Gasteiger partial charge < -0.3 is 10.1 Å². The standard InChI is InChI=1S/C16H20ClNOS/c1-11(12-6-8-19-9-7-12)18-10-15-16(17)13-4-2-3-5-14(13)20-15/h2-5,11-12,18H,6-10H2,1H3. The quantitative estimate of drug-likeness (QED) is 0.900. The second-order valence-electron chi connectivity index (χ2n) is 5.45. The highest BCUT2D eigenvalue weighted by Crippen LogP contribution is 2.35. The Hall–Kier alpha value is -0.610. The van der Waals surface area contributed by atoms with Crippen LogP contribution in [0.25, 0.3) is 10.1 Å². The summed E-state index contributed by atoms with van der Waals surface area (Å²) in [6.45, 7) is 4.94. The van der Waals surface area contributed by atoms with Crippen LogP contribution in [-0.4, -0.2) is 19.3 Å². The maximum atomic E-state index is 6.48. The van der Waals surface area contributed by atoms with Crippen molar-refractivity contribution in [1.82, 2.24) is 5.32 Å². The van der Waals surface area contributed by atoms with Crippen LogP contribution < -0.4 is 5.32 Å². The number of ether oxygens (including phenoxy) is 1. The van der Waals surface area contributed by atoms with E-state index in [1.165, 1.54) is 15.0 Å². The first-order valence-corrected chi connectivity index (χ1v) is 8.42. The van der Waals surface area contributed by atoms with E-state index in [-0.39, 0.29) is 0 Å². The average Bonchev–Trinajstić information content (AvgIpc) is 2.83. The largest absolute Gasteiger partial charge is 0.381 e. The molecule has 1 aliphatic rings. The summed E-state index contributed by atoms with van der Waals surface area (Å²) in [6, 6.07) is 8.86. The average molecular weight is 310 g/mol. The molecule has 1 unspecified atom stereocenters. The fourth-order valence-corrected chi connectivity index (χ4v) is 4.27. The fraction of sp³-hybridized carbons (Fsp3) is 0.500. The molecule has 1 N–H and O–H groups in total. The lowest BCUT2D eigenvalue weighted by molar-refractivity contribution is 0.0558. The van der Waals surface area contributed by atoms with Crippen molar-refractivity contribution in [2.24, 2.45) is 5.92 Å². The fourth-order valence-electron chi connectivity index (χ4n) is 2.81. The van der Waals surface area contributed by atoms with Crippen LogP contribution in [0, 0.1) is 5.92 Å². The van der Waals surface area contributed by atoms with Crippen molar-refractivity contribution in [2.45, 2.75) is 32.4 Å². The molecule has 0 amide bonds. The molecule has 1 saturated heterocycles. The van der Waals surface area contributed by atoms with Crippen molar-refractivity contribution < 1.29 is 4.74 Å². The van der Waals surface area contributed by atoms with Crippen molar-refractivity contribution in [3.05, 3.63) is 34.2 Å². The van der Waals surface area contributed by atoms with Crippen molar-refractivity contribution in [3.8, 4) is 0 Å². The molecule has 2 aromatic rings. The zero-order chi connectivity index (χ0) is 13.9. The number of halogens is 1. The molecular weight excluding hydrogens is 290 g/mol. The van der Waals surface area contributed by atoms with Crippen molar-refractivity contribution in [2.75, 3.05) is 13.2 Å².